The van der Waals surface area contributed by atoms with Crippen LogP contribution in [0.5, 0.6) is 0 Å². The molecule has 1 saturated carbocycles. The second-order valence-electron chi connectivity index (χ2n) is 4.82. The smallest absolute Gasteiger partial charge is 0.251 e. The van der Waals surface area contributed by atoms with Gasteiger partial charge in [0.1, 0.15) is 0 Å². The summed E-state index contributed by atoms with van der Waals surface area (Å²) in [7, 11) is -3.22. The highest BCUT2D eigenvalue weighted by Gasteiger charge is 2.26. The number of hydrogen-bond donors (Lipinski definition) is 1. The summed E-state index contributed by atoms with van der Waals surface area (Å²) < 4.78 is 22.7. The van der Waals surface area contributed by atoms with E-state index in [4.69, 9.17) is 0 Å². The lowest BCUT2D eigenvalue weighted by molar-refractivity contribution is 0.0939. The van der Waals surface area contributed by atoms with Crippen molar-refractivity contribution in [3.05, 3.63) is 29.8 Å². The van der Waals surface area contributed by atoms with Gasteiger partial charge in [0.2, 0.25) is 0 Å². The van der Waals surface area contributed by atoms with Gasteiger partial charge in [0.15, 0.2) is 9.84 Å². The van der Waals surface area contributed by atoms with Crippen LogP contribution in [0.2, 0.25) is 0 Å². The first kappa shape index (κ1) is 14.5. The second-order valence-corrected chi connectivity index (χ2v) is 8.02. The van der Waals surface area contributed by atoms with Gasteiger partial charge in [-0.15, -0.1) is 0 Å². The quantitative estimate of drug-likeness (QED) is 0.853. The predicted molar refractivity (Wildman–Crippen MR) is 77.4 cm³/mol. The molecule has 6 heteroatoms. The summed E-state index contributed by atoms with van der Waals surface area (Å²) in [5.74, 6) is -0.156. The fourth-order valence-corrected chi connectivity index (χ4v) is 3.53. The SMILES string of the molecule is CS(=O)(=O)c1ccc(C(=O)NC2CCCC2Br)cc1. The van der Waals surface area contributed by atoms with Gasteiger partial charge in [-0.25, -0.2) is 8.42 Å². The average Bonchev–Trinajstić information content (AvgIpc) is 2.74. The molecule has 0 heterocycles. The molecular weight excluding hydrogens is 330 g/mol. The average molecular weight is 346 g/mol. The molecule has 1 aliphatic carbocycles. The second kappa shape index (κ2) is 5.63. The van der Waals surface area contributed by atoms with Crippen molar-refractivity contribution in [2.45, 2.75) is 35.0 Å². The standard InChI is InChI=1S/C13H16BrNO3S/c1-19(17,18)10-7-5-9(6-8-10)13(16)15-12-4-2-3-11(12)14/h5-8,11-12H,2-4H2,1H3,(H,15,16). The normalized spacial score (nSPS) is 23.3. The molecule has 2 atom stereocenters. The van der Waals surface area contributed by atoms with Crippen molar-refractivity contribution in [1.29, 1.82) is 0 Å². The number of hydrogen-bond acceptors (Lipinski definition) is 3. The minimum Gasteiger partial charge on any atom is -0.348 e. The van der Waals surface area contributed by atoms with E-state index < -0.39 is 9.84 Å². The number of carbonyl (C=O) groups excluding carboxylic acids is 1. The van der Waals surface area contributed by atoms with Gasteiger partial charge >= 0.3 is 0 Å². The summed E-state index contributed by atoms with van der Waals surface area (Å²) in [6, 6.07) is 6.17. The van der Waals surface area contributed by atoms with Crippen molar-refractivity contribution >= 4 is 31.7 Å². The van der Waals surface area contributed by atoms with E-state index in [2.05, 4.69) is 21.2 Å². The van der Waals surface area contributed by atoms with E-state index in [1.807, 2.05) is 0 Å². The third-order valence-corrected chi connectivity index (χ3v) is 5.52. The Bertz CT molecular complexity index is 568. The number of rotatable bonds is 3. The number of carbonyl (C=O) groups is 1. The molecule has 19 heavy (non-hydrogen) atoms. The van der Waals surface area contributed by atoms with E-state index in [1.165, 1.54) is 12.1 Å². The molecule has 0 saturated heterocycles. The Kier molecular flexibility index (Phi) is 4.30. The van der Waals surface area contributed by atoms with Gasteiger partial charge in [-0.1, -0.05) is 22.4 Å². The fourth-order valence-electron chi connectivity index (χ4n) is 2.18. The summed E-state index contributed by atoms with van der Waals surface area (Å²) in [5.41, 5.74) is 0.485. The van der Waals surface area contributed by atoms with Crippen LogP contribution < -0.4 is 5.32 Å². The van der Waals surface area contributed by atoms with Crippen LogP contribution in [0.4, 0.5) is 0 Å². The largest absolute Gasteiger partial charge is 0.348 e. The van der Waals surface area contributed by atoms with E-state index in [0.717, 1.165) is 25.5 Å². The van der Waals surface area contributed by atoms with E-state index in [-0.39, 0.29) is 16.8 Å². The Hall–Kier alpha value is -0.880. The first-order valence-corrected chi connectivity index (χ1v) is 8.94. The predicted octanol–water partition coefficient (Wildman–Crippen LogP) is 2.14. The minimum atomic E-state index is -3.22. The van der Waals surface area contributed by atoms with Gasteiger partial charge in [-0.05, 0) is 37.1 Å². The molecular formula is C13H16BrNO3S. The first-order chi connectivity index (χ1) is 8.88. The Balaban J connectivity index is 2.08. The van der Waals surface area contributed by atoms with Crippen LogP contribution in [0.1, 0.15) is 29.6 Å². The molecule has 1 aliphatic rings. The zero-order chi connectivity index (χ0) is 14.0. The van der Waals surface area contributed by atoms with Gasteiger partial charge < -0.3 is 5.32 Å². The van der Waals surface area contributed by atoms with E-state index in [0.29, 0.717) is 10.4 Å². The topological polar surface area (TPSA) is 63.2 Å². The first-order valence-electron chi connectivity index (χ1n) is 6.13. The Morgan fingerprint density at radius 2 is 1.89 bits per heavy atom. The number of halogens is 1. The molecule has 2 unspecified atom stereocenters. The molecule has 1 aromatic carbocycles. The number of sulfone groups is 1. The third kappa shape index (κ3) is 3.57. The number of amides is 1. The van der Waals surface area contributed by atoms with Crippen LogP contribution in [-0.2, 0) is 9.84 Å². The molecule has 2 rings (SSSR count). The van der Waals surface area contributed by atoms with Gasteiger partial charge in [-0.3, -0.25) is 4.79 Å². The molecule has 0 spiro atoms. The maximum atomic E-state index is 12.0. The fraction of sp³-hybridized carbons (Fsp3) is 0.462. The van der Waals surface area contributed by atoms with Gasteiger partial charge in [0, 0.05) is 22.7 Å². The number of benzene rings is 1. The van der Waals surface area contributed by atoms with Crippen LogP contribution in [0, 0.1) is 0 Å². The Labute approximate surface area is 121 Å². The summed E-state index contributed by atoms with van der Waals surface area (Å²) in [6.45, 7) is 0. The van der Waals surface area contributed by atoms with Crippen LogP contribution in [0.25, 0.3) is 0 Å². The summed E-state index contributed by atoms with van der Waals surface area (Å²) in [6.07, 6.45) is 4.30. The molecule has 0 aromatic heterocycles. The molecule has 0 aliphatic heterocycles. The lowest BCUT2D eigenvalue weighted by Crippen LogP contribution is -2.37. The van der Waals surface area contributed by atoms with Crippen molar-refractivity contribution in [3.8, 4) is 0 Å². The van der Waals surface area contributed by atoms with Crippen molar-refractivity contribution in [1.82, 2.24) is 5.32 Å². The van der Waals surface area contributed by atoms with E-state index in [9.17, 15) is 13.2 Å². The zero-order valence-corrected chi connectivity index (χ0v) is 13.0. The van der Waals surface area contributed by atoms with Crippen LogP contribution in [0.15, 0.2) is 29.2 Å². The highest BCUT2D eigenvalue weighted by atomic mass is 79.9. The molecule has 0 radical (unpaired) electrons. The van der Waals surface area contributed by atoms with Gasteiger partial charge in [0.25, 0.3) is 5.91 Å². The summed E-state index contributed by atoms with van der Waals surface area (Å²) >= 11 is 3.55. The lowest BCUT2D eigenvalue weighted by atomic mass is 10.2. The summed E-state index contributed by atoms with van der Waals surface area (Å²) in [5, 5.41) is 2.97. The monoisotopic (exact) mass is 345 g/mol. The van der Waals surface area contributed by atoms with Crippen molar-refractivity contribution in [3.63, 3.8) is 0 Å². The summed E-state index contributed by atoms with van der Waals surface area (Å²) in [4.78, 5) is 12.6. The lowest BCUT2D eigenvalue weighted by Gasteiger charge is -2.16. The Morgan fingerprint density at radius 1 is 1.26 bits per heavy atom. The molecule has 0 bridgehead atoms. The van der Waals surface area contributed by atoms with Crippen molar-refractivity contribution in [2.24, 2.45) is 0 Å². The van der Waals surface area contributed by atoms with E-state index >= 15 is 0 Å². The van der Waals surface area contributed by atoms with Crippen LogP contribution in [0.3, 0.4) is 0 Å². The molecule has 1 amide bonds. The maximum absolute atomic E-state index is 12.0. The Morgan fingerprint density at radius 3 is 2.37 bits per heavy atom. The number of nitrogens with one attached hydrogen (secondary N) is 1. The van der Waals surface area contributed by atoms with Gasteiger partial charge in [-0.2, -0.15) is 0 Å². The van der Waals surface area contributed by atoms with Gasteiger partial charge in [0.05, 0.1) is 4.90 Å². The molecule has 1 fully saturated rings. The zero-order valence-electron chi connectivity index (χ0n) is 10.6. The minimum absolute atomic E-state index is 0.155. The van der Waals surface area contributed by atoms with Crippen molar-refractivity contribution in [2.75, 3.05) is 6.26 Å². The van der Waals surface area contributed by atoms with Crippen LogP contribution in [-0.4, -0.2) is 31.4 Å². The van der Waals surface area contributed by atoms with Crippen LogP contribution >= 0.6 is 15.9 Å². The highest BCUT2D eigenvalue weighted by molar-refractivity contribution is 9.09. The van der Waals surface area contributed by atoms with E-state index in [1.54, 1.807) is 12.1 Å². The number of alkyl halides is 1. The molecule has 4 nitrogen and oxygen atoms in total. The molecule has 104 valence electrons. The highest BCUT2D eigenvalue weighted by Crippen LogP contribution is 2.25. The third-order valence-electron chi connectivity index (χ3n) is 3.29. The molecule has 1 N–H and O–H groups in total. The maximum Gasteiger partial charge on any atom is 0.251 e. The van der Waals surface area contributed by atoms with Crippen molar-refractivity contribution < 1.29 is 13.2 Å². The molecule has 1 aromatic rings.